The zero-order valence-corrected chi connectivity index (χ0v) is 14.6. The Bertz CT molecular complexity index is 766. The van der Waals surface area contributed by atoms with Crippen molar-refractivity contribution in [2.45, 2.75) is 44.6 Å². The first kappa shape index (κ1) is 16.2. The van der Waals surface area contributed by atoms with Crippen molar-refractivity contribution in [3.05, 3.63) is 65.7 Å². The zero-order chi connectivity index (χ0) is 17.7. The van der Waals surface area contributed by atoms with Gasteiger partial charge in [0, 0.05) is 18.4 Å². The first-order valence-corrected chi connectivity index (χ1v) is 8.91. The number of nitrogens with zero attached hydrogens (tertiary/aromatic N) is 1. The normalized spacial score (nSPS) is 28.0. The van der Waals surface area contributed by atoms with Crippen LogP contribution in [0.5, 0.6) is 0 Å². The Morgan fingerprint density at radius 3 is 2.40 bits per heavy atom. The molecule has 4 heteroatoms. The minimum atomic E-state index is -0.186. The van der Waals surface area contributed by atoms with Gasteiger partial charge in [-0.15, -0.1) is 0 Å². The molecule has 0 aliphatic heterocycles. The van der Waals surface area contributed by atoms with E-state index in [-0.39, 0.29) is 28.6 Å². The molecule has 0 saturated heterocycles. The maximum absolute atomic E-state index is 13.2. The number of pyridine rings is 1. The number of nitrogens with one attached hydrogen (secondary N) is 1. The molecular weight excluding hydrogens is 315 g/mol. The van der Waals surface area contributed by atoms with Crippen molar-refractivity contribution in [3.63, 3.8) is 0 Å². The Hall–Kier alpha value is -2.23. The number of rotatable bonds is 5. The van der Waals surface area contributed by atoms with Crippen LogP contribution in [-0.4, -0.2) is 16.9 Å². The second kappa shape index (κ2) is 5.65. The number of hydrogen-bond acceptors (Lipinski definition) is 2. The molecule has 2 bridgehead atoms. The highest BCUT2D eigenvalue weighted by molar-refractivity contribution is 5.94. The van der Waals surface area contributed by atoms with Gasteiger partial charge in [-0.05, 0) is 65.8 Å². The van der Waals surface area contributed by atoms with E-state index in [1.165, 1.54) is 5.56 Å². The van der Waals surface area contributed by atoms with Crippen molar-refractivity contribution < 1.29 is 9.18 Å². The molecule has 130 valence electrons. The van der Waals surface area contributed by atoms with Gasteiger partial charge in [-0.2, -0.15) is 0 Å². The molecule has 5 rings (SSSR count). The van der Waals surface area contributed by atoms with E-state index in [2.05, 4.69) is 24.1 Å². The van der Waals surface area contributed by atoms with E-state index in [4.69, 9.17) is 0 Å². The van der Waals surface area contributed by atoms with Crippen LogP contribution in [0.25, 0.3) is 0 Å². The summed E-state index contributed by atoms with van der Waals surface area (Å²) in [5, 5.41) is 3.25. The molecule has 25 heavy (non-hydrogen) atoms. The molecule has 1 aromatic heterocycles. The fraction of sp³-hybridized carbons (Fsp3) is 0.429. The van der Waals surface area contributed by atoms with E-state index in [1.807, 2.05) is 12.1 Å². The molecule has 3 saturated carbocycles. The Morgan fingerprint density at radius 1 is 1.16 bits per heavy atom. The molecule has 2 aromatic rings. The zero-order valence-electron chi connectivity index (χ0n) is 14.6. The number of aromatic nitrogens is 1. The highest BCUT2D eigenvalue weighted by atomic mass is 19.1. The number of amides is 1. The lowest BCUT2D eigenvalue weighted by molar-refractivity contribution is -0.170. The second-order valence-corrected chi connectivity index (χ2v) is 8.12. The van der Waals surface area contributed by atoms with Crippen LogP contribution in [-0.2, 0) is 5.41 Å². The molecule has 0 radical (unpaired) electrons. The summed E-state index contributed by atoms with van der Waals surface area (Å²) in [6.45, 7) is 4.33. The van der Waals surface area contributed by atoms with Gasteiger partial charge in [0.05, 0.1) is 5.56 Å². The van der Waals surface area contributed by atoms with E-state index in [1.54, 1.807) is 36.7 Å². The van der Waals surface area contributed by atoms with E-state index >= 15 is 0 Å². The molecular formula is C21H23FN2O. The minimum Gasteiger partial charge on any atom is -0.348 e. The third-order valence-corrected chi connectivity index (χ3v) is 6.06. The fourth-order valence-electron chi connectivity index (χ4n) is 5.05. The van der Waals surface area contributed by atoms with E-state index < -0.39 is 0 Å². The largest absolute Gasteiger partial charge is 0.348 e. The predicted octanol–water partition coefficient (Wildman–Crippen LogP) is 4.10. The van der Waals surface area contributed by atoms with Gasteiger partial charge in [0.2, 0.25) is 0 Å². The fourth-order valence-corrected chi connectivity index (χ4v) is 5.05. The average molecular weight is 338 g/mol. The quantitative estimate of drug-likeness (QED) is 0.892. The number of carbonyl (C=O) groups excluding carboxylic acids is 1. The van der Waals surface area contributed by atoms with E-state index in [9.17, 15) is 9.18 Å². The molecule has 1 N–H and O–H groups in total. The topological polar surface area (TPSA) is 42.0 Å². The van der Waals surface area contributed by atoms with Crippen molar-refractivity contribution >= 4 is 5.91 Å². The lowest BCUT2D eigenvalue weighted by Crippen LogP contribution is -2.72. The van der Waals surface area contributed by atoms with Gasteiger partial charge in [-0.25, -0.2) is 4.39 Å². The van der Waals surface area contributed by atoms with Gasteiger partial charge in [0.1, 0.15) is 5.82 Å². The summed E-state index contributed by atoms with van der Waals surface area (Å²) in [5.74, 6) is 0.133. The maximum Gasteiger partial charge on any atom is 0.253 e. The first-order chi connectivity index (χ1) is 11.9. The highest BCUT2D eigenvalue weighted by Crippen LogP contribution is 2.75. The summed E-state index contributed by atoms with van der Waals surface area (Å²) in [7, 11) is 0. The number of halogens is 1. The lowest BCUT2D eigenvalue weighted by Gasteiger charge is -2.74. The maximum atomic E-state index is 13.2. The third kappa shape index (κ3) is 2.55. The van der Waals surface area contributed by atoms with Crippen LogP contribution in [0.1, 0.15) is 49.0 Å². The third-order valence-electron chi connectivity index (χ3n) is 6.06. The number of benzene rings is 1. The van der Waals surface area contributed by atoms with E-state index in [0.717, 1.165) is 19.3 Å². The van der Waals surface area contributed by atoms with Crippen molar-refractivity contribution in [2.75, 3.05) is 0 Å². The molecule has 3 aliphatic carbocycles. The standard InChI is InChI=1S/C21H23FN2O/c1-14(2)18(24-19(25)15-4-3-9-23-10-15)21-11-20(12-21,13-21)16-5-7-17(22)8-6-16/h3-10,14,18H,11-13H2,1-2H3,(H,24,25). The highest BCUT2D eigenvalue weighted by Gasteiger charge is 2.71. The summed E-state index contributed by atoms with van der Waals surface area (Å²) in [5.41, 5.74) is 2.21. The Morgan fingerprint density at radius 2 is 1.84 bits per heavy atom. The van der Waals surface area contributed by atoms with Crippen molar-refractivity contribution in [3.8, 4) is 0 Å². The lowest BCUT2D eigenvalue weighted by atomic mass is 9.31. The van der Waals surface area contributed by atoms with Gasteiger partial charge >= 0.3 is 0 Å². The summed E-state index contributed by atoms with van der Waals surface area (Å²) in [6, 6.07) is 10.7. The average Bonchev–Trinajstić information content (AvgIpc) is 2.53. The van der Waals surface area contributed by atoms with Crippen molar-refractivity contribution in [1.29, 1.82) is 0 Å². The Kier molecular flexibility index (Phi) is 3.67. The van der Waals surface area contributed by atoms with Gasteiger partial charge in [0.25, 0.3) is 5.91 Å². The van der Waals surface area contributed by atoms with E-state index in [0.29, 0.717) is 11.5 Å². The Balaban J connectivity index is 1.47. The molecule has 1 amide bonds. The summed E-state index contributed by atoms with van der Waals surface area (Å²) in [6.07, 6.45) is 6.49. The molecule has 1 atom stereocenters. The van der Waals surface area contributed by atoms with Crippen molar-refractivity contribution in [1.82, 2.24) is 10.3 Å². The summed E-state index contributed by atoms with van der Waals surface area (Å²) >= 11 is 0. The molecule has 3 aliphatic rings. The SMILES string of the molecule is CC(C)C(NC(=O)c1cccnc1)C12CC(c3ccc(F)cc3)(C1)C2. The monoisotopic (exact) mass is 338 g/mol. The summed E-state index contributed by atoms with van der Waals surface area (Å²) < 4.78 is 13.2. The van der Waals surface area contributed by atoms with Gasteiger partial charge in [-0.3, -0.25) is 9.78 Å². The smallest absolute Gasteiger partial charge is 0.253 e. The first-order valence-electron chi connectivity index (χ1n) is 8.91. The van der Waals surface area contributed by atoms with Gasteiger partial charge in [0.15, 0.2) is 0 Å². The second-order valence-electron chi connectivity index (χ2n) is 8.12. The van der Waals surface area contributed by atoms with Crippen LogP contribution in [0.2, 0.25) is 0 Å². The predicted molar refractivity (Wildman–Crippen MR) is 94.7 cm³/mol. The molecule has 1 unspecified atom stereocenters. The van der Waals surface area contributed by atoms with Crippen molar-refractivity contribution in [2.24, 2.45) is 11.3 Å². The molecule has 1 aromatic carbocycles. The van der Waals surface area contributed by atoms with Crippen LogP contribution in [0.15, 0.2) is 48.8 Å². The Labute approximate surface area is 147 Å². The summed E-state index contributed by atoms with van der Waals surface area (Å²) in [4.78, 5) is 16.6. The molecule has 1 heterocycles. The molecule has 3 nitrogen and oxygen atoms in total. The molecule has 3 fully saturated rings. The number of carbonyl (C=O) groups is 1. The van der Waals surface area contributed by atoms with Crippen LogP contribution < -0.4 is 5.32 Å². The van der Waals surface area contributed by atoms with Crippen LogP contribution in [0, 0.1) is 17.2 Å². The minimum absolute atomic E-state index is 0.0487. The van der Waals surface area contributed by atoms with Crippen LogP contribution in [0.3, 0.4) is 0 Å². The molecule has 0 spiro atoms. The number of hydrogen-bond donors (Lipinski definition) is 1. The van der Waals surface area contributed by atoms with Crippen LogP contribution in [0.4, 0.5) is 4.39 Å². The van der Waals surface area contributed by atoms with Crippen LogP contribution >= 0.6 is 0 Å². The van der Waals surface area contributed by atoms with Gasteiger partial charge < -0.3 is 5.32 Å². The van der Waals surface area contributed by atoms with Gasteiger partial charge in [-0.1, -0.05) is 26.0 Å².